The number of thiazole rings is 1. The Labute approximate surface area is 172 Å². The number of piperidine rings is 1. The van der Waals surface area contributed by atoms with E-state index in [1.54, 1.807) is 18.4 Å². The Bertz CT molecular complexity index is 1070. The largest absolute Gasteiger partial charge is 0.497 e. The van der Waals surface area contributed by atoms with Crippen LogP contribution in [0, 0.1) is 5.92 Å². The number of methoxy groups -OCH3 is 1. The molecule has 0 radical (unpaired) electrons. The van der Waals surface area contributed by atoms with Crippen LogP contribution < -0.4 is 24.4 Å². The van der Waals surface area contributed by atoms with Crippen molar-refractivity contribution in [3.05, 3.63) is 36.4 Å². The summed E-state index contributed by atoms with van der Waals surface area (Å²) in [6, 6.07) is 11.4. The van der Waals surface area contributed by atoms with E-state index in [0.29, 0.717) is 18.0 Å². The third-order valence-electron chi connectivity index (χ3n) is 5.29. The van der Waals surface area contributed by atoms with Crippen LogP contribution in [0.5, 0.6) is 17.2 Å². The Hall–Kier alpha value is -3.00. The molecule has 1 amide bonds. The van der Waals surface area contributed by atoms with Crippen LogP contribution in [0.4, 0.5) is 10.8 Å². The monoisotopic (exact) mass is 411 g/mol. The summed E-state index contributed by atoms with van der Waals surface area (Å²) in [5.41, 5.74) is 1.68. The number of carbonyl (C=O) groups excluding carboxylic acids is 1. The molecule has 150 valence electrons. The number of nitrogens with zero attached hydrogens (tertiary/aromatic N) is 2. The lowest BCUT2D eigenvalue weighted by molar-refractivity contribution is -0.120. The Morgan fingerprint density at radius 3 is 3.03 bits per heavy atom. The van der Waals surface area contributed by atoms with Gasteiger partial charge < -0.3 is 24.4 Å². The van der Waals surface area contributed by atoms with Gasteiger partial charge in [0, 0.05) is 24.8 Å². The molecule has 3 aromatic rings. The maximum atomic E-state index is 12.9. The number of fused-ring (bicyclic) bond motifs is 2. The van der Waals surface area contributed by atoms with Crippen LogP contribution in [-0.4, -0.2) is 37.9 Å². The summed E-state index contributed by atoms with van der Waals surface area (Å²) >= 11 is 1.64. The van der Waals surface area contributed by atoms with Crippen molar-refractivity contribution < 1.29 is 19.0 Å². The molecule has 2 aliphatic heterocycles. The molecule has 1 N–H and O–H groups in total. The van der Waals surface area contributed by atoms with E-state index in [4.69, 9.17) is 19.2 Å². The zero-order valence-corrected chi connectivity index (χ0v) is 16.8. The standard InChI is InChI=1S/C21H21N3O4S/c1-26-15-5-6-16-19(10-15)29-21(23-16)24-8-2-3-13(11-24)20(25)22-14-4-7-17-18(9-14)28-12-27-17/h4-7,9-10,13H,2-3,8,11-12H2,1H3,(H,22,25). The van der Waals surface area contributed by atoms with Crippen molar-refractivity contribution in [2.45, 2.75) is 12.8 Å². The fourth-order valence-electron chi connectivity index (χ4n) is 3.74. The van der Waals surface area contributed by atoms with Crippen molar-refractivity contribution in [3.8, 4) is 17.2 Å². The molecule has 2 aliphatic rings. The van der Waals surface area contributed by atoms with Gasteiger partial charge in [-0.25, -0.2) is 4.98 Å². The molecule has 7 nitrogen and oxygen atoms in total. The van der Waals surface area contributed by atoms with Crippen molar-refractivity contribution in [2.24, 2.45) is 5.92 Å². The van der Waals surface area contributed by atoms with Crippen LogP contribution in [0.25, 0.3) is 10.2 Å². The van der Waals surface area contributed by atoms with Gasteiger partial charge in [-0.15, -0.1) is 0 Å². The summed E-state index contributed by atoms with van der Waals surface area (Å²) in [4.78, 5) is 19.8. The molecule has 8 heteroatoms. The number of rotatable bonds is 4. The number of aromatic nitrogens is 1. The number of amides is 1. The molecular formula is C21H21N3O4S. The molecular weight excluding hydrogens is 390 g/mol. The minimum atomic E-state index is -0.0873. The number of benzene rings is 2. The van der Waals surface area contributed by atoms with Crippen molar-refractivity contribution in [1.82, 2.24) is 4.98 Å². The fraction of sp³-hybridized carbons (Fsp3) is 0.333. The van der Waals surface area contributed by atoms with Gasteiger partial charge in [0.05, 0.1) is 23.2 Å². The third kappa shape index (κ3) is 3.55. The van der Waals surface area contributed by atoms with Gasteiger partial charge in [0.25, 0.3) is 0 Å². The van der Waals surface area contributed by atoms with Gasteiger partial charge in [-0.3, -0.25) is 4.79 Å². The van der Waals surface area contributed by atoms with E-state index < -0.39 is 0 Å². The first-order valence-corrected chi connectivity index (χ1v) is 10.4. The van der Waals surface area contributed by atoms with Crippen molar-refractivity contribution in [3.63, 3.8) is 0 Å². The van der Waals surface area contributed by atoms with E-state index >= 15 is 0 Å². The normalized spacial score (nSPS) is 18.1. The summed E-state index contributed by atoms with van der Waals surface area (Å²) in [7, 11) is 1.66. The van der Waals surface area contributed by atoms with E-state index in [0.717, 1.165) is 46.2 Å². The van der Waals surface area contributed by atoms with Crippen molar-refractivity contribution in [2.75, 3.05) is 37.2 Å². The highest BCUT2D eigenvalue weighted by molar-refractivity contribution is 7.22. The van der Waals surface area contributed by atoms with Gasteiger partial charge in [-0.2, -0.15) is 0 Å². The second kappa shape index (κ2) is 7.44. The van der Waals surface area contributed by atoms with Crippen LogP contribution in [0.15, 0.2) is 36.4 Å². The fourth-order valence-corrected chi connectivity index (χ4v) is 4.77. The quantitative estimate of drug-likeness (QED) is 0.702. The van der Waals surface area contributed by atoms with E-state index in [-0.39, 0.29) is 18.6 Å². The first kappa shape index (κ1) is 18.1. The molecule has 2 aromatic carbocycles. The van der Waals surface area contributed by atoms with E-state index in [9.17, 15) is 4.79 Å². The predicted molar refractivity (Wildman–Crippen MR) is 112 cm³/mol. The summed E-state index contributed by atoms with van der Waals surface area (Å²) in [5.74, 6) is 2.14. The first-order valence-electron chi connectivity index (χ1n) is 9.59. The van der Waals surface area contributed by atoms with Crippen LogP contribution in [0.1, 0.15) is 12.8 Å². The number of hydrogen-bond donors (Lipinski definition) is 1. The van der Waals surface area contributed by atoms with Gasteiger partial charge in [0.2, 0.25) is 12.7 Å². The van der Waals surface area contributed by atoms with Crippen molar-refractivity contribution >= 4 is 38.3 Å². The van der Waals surface area contributed by atoms with Crippen LogP contribution >= 0.6 is 11.3 Å². The minimum absolute atomic E-state index is 0.0244. The molecule has 1 unspecified atom stereocenters. The zero-order valence-electron chi connectivity index (χ0n) is 16.0. The van der Waals surface area contributed by atoms with E-state index in [2.05, 4.69) is 10.2 Å². The van der Waals surface area contributed by atoms with Gasteiger partial charge in [-0.1, -0.05) is 11.3 Å². The van der Waals surface area contributed by atoms with Crippen LogP contribution in [0.3, 0.4) is 0 Å². The highest BCUT2D eigenvalue weighted by atomic mass is 32.1. The molecule has 0 bridgehead atoms. The van der Waals surface area contributed by atoms with Gasteiger partial charge in [0.15, 0.2) is 16.6 Å². The maximum absolute atomic E-state index is 12.9. The predicted octanol–water partition coefficient (Wildman–Crippen LogP) is 3.89. The number of hydrogen-bond acceptors (Lipinski definition) is 7. The van der Waals surface area contributed by atoms with Gasteiger partial charge in [-0.05, 0) is 43.2 Å². The molecule has 1 atom stereocenters. The average molecular weight is 411 g/mol. The SMILES string of the molecule is COc1ccc2nc(N3CCCC(C(=O)Nc4ccc5c(c4)OCO5)C3)sc2c1. The molecule has 5 rings (SSSR count). The molecule has 0 saturated carbocycles. The van der Waals surface area contributed by atoms with Crippen molar-refractivity contribution in [1.29, 1.82) is 0 Å². The summed E-state index contributed by atoms with van der Waals surface area (Å²) < 4.78 is 17.1. The lowest BCUT2D eigenvalue weighted by Gasteiger charge is -2.31. The minimum Gasteiger partial charge on any atom is -0.497 e. The molecule has 1 saturated heterocycles. The summed E-state index contributed by atoms with van der Waals surface area (Å²) in [6.07, 6.45) is 1.82. The molecule has 1 fully saturated rings. The smallest absolute Gasteiger partial charge is 0.231 e. The highest BCUT2D eigenvalue weighted by Crippen LogP contribution is 2.35. The Morgan fingerprint density at radius 2 is 2.14 bits per heavy atom. The number of anilines is 2. The molecule has 29 heavy (non-hydrogen) atoms. The molecule has 3 heterocycles. The third-order valence-corrected chi connectivity index (χ3v) is 6.37. The Balaban J connectivity index is 1.29. The Morgan fingerprint density at radius 1 is 1.24 bits per heavy atom. The van der Waals surface area contributed by atoms with E-state index in [1.807, 2.05) is 36.4 Å². The maximum Gasteiger partial charge on any atom is 0.231 e. The van der Waals surface area contributed by atoms with Gasteiger partial charge in [0.1, 0.15) is 5.75 Å². The molecule has 0 aliphatic carbocycles. The average Bonchev–Trinajstić information content (AvgIpc) is 3.39. The Kier molecular flexibility index (Phi) is 4.63. The number of ether oxygens (including phenoxy) is 3. The summed E-state index contributed by atoms with van der Waals surface area (Å²) in [5, 5.41) is 3.97. The van der Waals surface area contributed by atoms with Crippen LogP contribution in [-0.2, 0) is 4.79 Å². The number of nitrogens with one attached hydrogen (secondary N) is 1. The lowest BCUT2D eigenvalue weighted by Crippen LogP contribution is -2.40. The molecule has 0 spiro atoms. The zero-order chi connectivity index (χ0) is 19.8. The second-order valence-corrected chi connectivity index (χ2v) is 8.18. The number of carbonyl (C=O) groups is 1. The lowest BCUT2D eigenvalue weighted by atomic mass is 9.97. The first-order chi connectivity index (χ1) is 14.2. The molecule has 1 aromatic heterocycles. The van der Waals surface area contributed by atoms with E-state index in [1.165, 1.54) is 0 Å². The topological polar surface area (TPSA) is 72.9 Å². The highest BCUT2D eigenvalue weighted by Gasteiger charge is 2.28. The van der Waals surface area contributed by atoms with Crippen LogP contribution in [0.2, 0.25) is 0 Å². The van der Waals surface area contributed by atoms with Gasteiger partial charge >= 0.3 is 0 Å². The second-order valence-electron chi connectivity index (χ2n) is 7.17. The summed E-state index contributed by atoms with van der Waals surface area (Å²) in [6.45, 7) is 1.79.